The molecule has 2 aromatic carbocycles. The Labute approximate surface area is 103 Å². The fourth-order valence-corrected chi connectivity index (χ4v) is 1.73. The Hall–Kier alpha value is -2.03. The van der Waals surface area contributed by atoms with Crippen LogP contribution in [-0.4, -0.2) is 6.67 Å². The minimum absolute atomic E-state index is 0.220. The monoisotopic (exact) mass is 248 g/mol. The van der Waals surface area contributed by atoms with E-state index in [1.54, 1.807) is 12.1 Å². The topological polar surface area (TPSA) is 0 Å². The van der Waals surface area contributed by atoms with E-state index in [9.17, 15) is 13.2 Å². The number of hydrogen-bond donors (Lipinski definition) is 0. The van der Waals surface area contributed by atoms with E-state index >= 15 is 0 Å². The molecule has 3 heteroatoms. The van der Waals surface area contributed by atoms with Crippen molar-refractivity contribution in [1.29, 1.82) is 0 Å². The normalized spacial score (nSPS) is 10.2. The van der Waals surface area contributed by atoms with E-state index in [2.05, 4.69) is 0 Å². The molecule has 0 spiro atoms. The van der Waals surface area contributed by atoms with Crippen LogP contribution in [0.25, 0.3) is 16.7 Å². The van der Waals surface area contributed by atoms with Gasteiger partial charge in [0.15, 0.2) is 0 Å². The Morgan fingerprint density at radius 3 is 1.83 bits per heavy atom. The predicted molar refractivity (Wildman–Crippen MR) is 67.0 cm³/mol. The largest absolute Gasteiger partial charge is 0.276 e. The quantitative estimate of drug-likeness (QED) is 0.722. The van der Waals surface area contributed by atoms with Crippen LogP contribution in [0.3, 0.4) is 0 Å². The molecule has 2 rings (SSSR count). The van der Waals surface area contributed by atoms with Gasteiger partial charge in [-0.05, 0) is 16.7 Å². The Kier molecular flexibility index (Phi) is 3.82. The van der Waals surface area contributed by atoms with E-state index in [0.717, 1.165) is 11.1 Å². The maximum Gasteiger partial charge on any atom is 0.276 e. The molecule has 0 aliphatic rings. The van der Waals surface area contributed by atoms with Crippen molar-refractivity contribution < 1.29 is 13.2 Å². The number of hydrogen-bond acceptors (Lipinski definition) is 0. The molecule has 0 aliphatic carbocycles. The zero-order chi connectivity index (χ0) is 13.0. The Balaban J connectivity index is 2.34. The van der Waals surface area contributed by atoms with Crippen molar-refractivity contribution >= 4 is 5.57 Å². The van der Waals surface area contributed by atoms with E-state index in [4.69, 9.17) is 0 Å². The number of halogens is 3. The second-order valence-corrected chi connectivity index (χ2v) is 3.82. The first kappa shape index (κ1) is 12.4. The van der Waals surface area contributed by atoms with E-state index in [-0.39, 0.29) is 5.56 Å². The molecule has 2 aromatic rings. The van der Waals surface area contributed by atoms with Crippen LogP contribution in [0.4, 0.5) is 13.2 Å². The summed E-state index contributed by atoms with van der Waals surface area (Å²) in [6.45, 7) is -1.16. The Morgan fingerprint density at radius 1 is 0.778 bits per heavy atom. The summed E-state index contributed by atoms with van der Waals surface area (Å²) in [5, 5.41) is 0. The molecule has 0 bridgehead atoms. The average molecular weight is 248 g/mol. The van der Waals surface area contributed by atoms with Crippen molar-refractivity contribution in [3.8, 4) is 11.1 Å². The third-order valence-corrected chi connectivity index (χ3v) is 2.70. The first-order valence-corrected chi connectivity index (χ1v) is 5.48. The van der Waals surface area contributed by atoms with Gasteiger partial charge in [-0.2, -0.15) is 8.78 Å². The highest BCUT2D eigenvalue weighted by molar-refractivity contribution is 5.71. The highest BCUT2D eigenvalue weighted by atomic mass is 19.3. The standard InChI is InChI=1S/C15H11F3/c16-10-14(15(17)18)13-8-6-12(7-9-13)11-4-2-1-3-5-11/h1-9H,10H2. The highest BCUT2D eigenvalue weighted by Gasteiger charge is 2.09. The lowest BCUT2D eigenvalue weighted by molar-refractivity contribution is 0.417. The second-order valence-electron chi connectivity index (χ2n) is 3.82. The molecule has 0 saturated carbocycles. The number of alkyl halides is 1. The fourth-order valence-electron chi connectivity index (χ4n) is 1.73. The van der Waals surface area contributed by atoms with Crippen LogP contribution in [0.1, 0.15) is 5.56 Å². The molecule has 92 valence electrons. The third kappa shape index (κ3) is 2.62. The van der Waals surface area contributed by atoms with E-state index < -0.39 is 18.3 Å². The molecule has 18 heavy (non-hydrogen) atoms. The van der Waals surface area contributed by atoms with Crippen molar-refractivity contribution in [3.05, 3.63) is 66.2 Å². The first-order chi connectivity index (χ1) is 8.72. The maximum absolute atomic E-state index is 12.5. The summed E-state index contributed by atoms with van der Waals surface area (Å²) < 4.78 is 37.4. The summed E-state index contributed by atoms with van der Waals surface area (Å²) >= 11 is 0. The SMILES string of the molecule is FCC(=C(F)F)c1ccc(-c2ccccc2)cc1. The van der Waals surface area contributed by atoms with Crippen LogP contribution in [0.2, 0.25) is 0 Å². The molecule has 0 amide bonds. The van der Waals surface area contributed by atoms with Gasteiger partial charge in [-0.1, -0.05) is 54.6 Å². The second kappa shape index (κ2) is 5.54. The van der Waals surface area contributed by atoms with Crippen LogP contribution in [-0.2, 0) is 0 Å². The molecule has 0 aromatic heterocycles. The van der Waals surface area contributed by atoms with Crippen molar-refractivity contribution in [2.24, 2.45) is 0 Å². The summed E-state index contributed by atoms with van der Waals surface area (Å²) in [5.74, 6) is 0. The molecule has 0 atom stereocenters. The van der Waals surface area contributed by atoms with Crippen LogP contribution >= 0.6 is 0 Å². The Bertz CT molecular complexity index is 538. The van der Waals surface area contributed by atoms with Gasteiger partial charge in [0.25, 0.3) is 6.08 Å². The number of benzene rings is 2. The third-order valence-electron chi connectivity index (χ3n) is 2.70. The van der Waals surface area contributed by atoms with E-state index in [1.165, 1.54) is 12.1 Å². The molecular formula is C15H11F3. The summed E-state index contributed by atoms with van der Waals surface area (Å²) in [6, 6.07) is 16.0. The lowest BCUT2D eigenvalue weighted by atomic mass is 10.0. The van der Waals surface area contributed by atoms with Crippen LogP contribution < -0.4 is 0 Å². The molecule has 0 fully saturated rings. The van der Waals surface area contributed by atoms with E-state index in [0.29, 0.717) is 0 Å². The van der Waals surface area contributed by atoms with Gasteiger partial charge in [-0.3, -0.25) is 0 Å². The highest BCUT2D eigenvalue weighted by Crippen LogP contribution is 2.25. The lowest BCUT2D eigenvalue weighted by Gasteiger charge is -2.05. The van der Waals surface area contributed by atoms with Gasteiger partial charge in [0, 0.05) is 0 Å². The van der Waals surface area contributed by atoms with Gasteiger partial charge >= 0.3 is 0 Å². The fraction of sp³-hybridized carbons (Fsp3) is 0.0667. The zero-order valence-corrected chi connectivity index (χ0v) is 9.54. The van der Waals surface area contributed by atoms with Gasteiger partial charge < -0.3 is 0 Å². The molecule has 0 aliphatic heterocycles. The summed E-state index contributed by atoms with van der Waals surface area (Å²) in [4.78, 5) is 0. The smallest absolute Gasteiger partial charge is 0.246 e. The van der Waals surface area contributed by atoms with Crippen LogP contribution in [0.5, 0.6) is 0 Å². The summed E-state index contributed by atoms with van der Waals surface area (Å²) in [5.41, 5.74) is 1.58. The zero-order valence-electron chi connectivity index (χ0n) is 9.54. The van der Waals surface area contributed by atoms with Gasteiger partial charge in [0.1, 0.15) is 6.67 Å². The molecule has 0 saturated heterocycles. The van der Waals surface area contributed by atoms with Crippen molar-refractivity contribution in [2.45, 2.75) is 0 Å². The molecule has 0 radical (unpaired) electrons. The molecule has 0 unspecified atom stereocenters. The average Bonchev–Trinajstić information content (AvgIpc) is 2.41. The lowest BCUT2D eigenvalue weighted by Crippen LogP contribution is -1.88. The van der Waals surface area contributed by atoms with Gasteiger partial charge in [0.05, 0.1) is 5.57 Å². The summed E-state index contributed by atoms with van der Waals surface area (Å²) in [6.07, 6.45) is -1.97. The van der Waals surface area contributed by atoms with Crippen molar-refractivity contribution in [1.82, 2.24) is 0 Å². The minimum atomic E-state index is -1.97. The Morgan fingerprint density at radius 2 is 1.33 bits per heavy atom. The van der Waals surface area contributed by atoms with Gasteiger partial charge in [-0.25, -0.2) is 4.39 Å². The van der Waals surface area contributed by atoms with Crippen molar-refractivity contribution in [2.75, 3.05) is 6.67 Å². The van der Waals surface area contributed by atoms with Gasteiger partial charge in [0.2, 0.25) is 0 Å². The maximum atomic E-state index is 12.5. The summed E-state index contributed by atoms with van der Waals surface area (Å²) in [7, 11) is 0. The number of rotatable bonds is 3. The van der Waals surface area contributed by atoms with Crippen molar-refractivity contribution in [3.63, 3.8) is 0 Å². The van der Waals surface area contributed by atoms with Crippen LogP contribution in [0.15, 0.2) is 60.7 Å². The van der Waals surface area contributed by atoms with E-state index in [1.807, 2.05) is 30.3 Å². The minimum Gasteiger partial charge on any atom is -0.246 e. The molecule has 0 N–H and O–H groups in total. The molecule has 0 heterocycles. The molecule has 0 nitrogen and oxygen atoms in total. The predicted octanol–water partition coefficient (Wildman–Crippen LogP) is 4.93. The van der Waals surface area contributed by atoms with Gasteiger partial charge in [-0.15, -0.1) is 0 Å². The molecular weight excluding hydrogens is 237 g/mol. The first-order valence-electron chi connectivity index (χ1n) is 5.48. The van der Waals surface area contributed by atoms with Crippen LogP contribution in [0, 0.1) is 0 Å². The number of allylic oxidation sites excluding steroid dienone is 1.